The Morgan fingerprint density at radius 1 is 1.47 bits per heavy atom. The van der Waals surface area contributed by atoms with Crippen LogP contribution in [0.3, 0.4) is 0 Å². The van der Waals surface area contributed by atoms with Gasteiger partial charge in [-0.1, -0.05) is 6.92 Å². The van der Waals surface area contributed by atoms with Crippen molar-refractivity contribution in [2.75, 3.05) is 13.7 Å². The molecule has 0 saturated heterocycles. The molecule has 0 fully saturated rings. The minimum atomic E-state index is -0.460. The van der Waals surface area contributed by atoms with Crippen molar-refractivity contribution >= 4 is 5.78 Å². The second kappa shape index (κ2) is 6.35. The Morgan fingerprint density at radius 3 is 2.76 bits per heavy atom. The number of Topliss-reactive ketones (excluding diaryl/α,β-unsaturated/α-hetero) is 1. The number of carbonyl (C=O) groups is 1. The standard InChI is InChI=1S/C13H17FO3/c1-4-9(2)17-8-12(15)11-7-10(14)5-6-13(11)16-3/h5-7,9H,4,8H2,1-3H3. The van der Waals surface area contributed by atoms with Crippen LogP contribution in [0.25, 0.3) is 0 Å². The van der Waals surface area contributed by atoms with E-state index in [4.69, 9.17) is 9.47 Å². The number of rotatable bonds is 6. The average Bonchev–Trinajstić information content (AvgIpc) is 2.35. The molecule has 0 aliphatic heterocycles. The molecule has 1 unspecified atom stereocenters. The van der Waals surface area contributed by atoms with Crippen LogP contribution in [0, 0.1) is 5.82 Å². The summed E-state index contributed by atoms with van der Waals surface area (Å²) in [6.45, 7) is 3.79. The quantitative estimate of drug-likeness (QED) is 0.717. The lowest BCUT2D eigenvalue weighted by atomic mass is 10.1. The number of carbonyl (C=O) groups excluding carboxylic acids is 1. The molecular formula is C13H17FO3. The molecule has 0 heterocycles. The molecule has 0 N–H and O–H groups in total. The van der Waals surface area contributed by atoms with Crippen molar-refractivity contribution in [1.82, 2.24) is 0 Å². The molecule has 17 heavy (non-hydrogen) atoms. The van der Waals surface area contributed by atoms with E-state index in [9.17, 15) is 9.18 Å². The van der Waals surface area contributed by atoms with E-state index in [1.807, 2.05) is 13.8 Å². The third kappa shape index (κ3) is 3.82. The molecule has 4 heteroatoms. The lowest BCUT2D eigenvalue weighted by Crippen LogP contribution is -2.16. The lowest BCUT2D eigenvalue weighted by molar-refractivity contribution is 0.0509. The summed E-state index contributed by atoms with van der Waals surface area (Å²) in [5.41, 5.74) is 0.218. The Labute approximate surface area is 101 Å². The lowest BCUT2D eigenvalue weighted by Gasteiger charge is -2.11. The van der Waals surface area contributed by atoms with Crippen LogP contribution in [-0.4, -0.2) is 25.6 Å². The molecule has 0 amide bonds. The molecule has 1 rings (SSSR count). The minimum Gasteiger partial charge on any atom is -0.496 e. The van der Waals surface area contributed by atoms with Crippen LogP contribution in [0.15, 0.2) is 18.2 Å². The van der Waals surface area contributed by atoms with E-state index in [0.29, 0.717) is 5.75 Å². The first-order valence-electron chi connectivity index (χ1n) is 5.56. The predicted molar refractivity (Wildman–Crippen MR) is 63.0 cm³/mol. The van der Waals surface area contributed by atoms with Crippen LogP contribution < -0.4 is 4.74 Å². The zero-order valence-electron chi connectivity index (χ0n) is 10.3. The van der Waals surface area contributed by atoms with Crippen LogP contribution in [0.1, 0.15) is 30.6 Å². The number of methoxy groups -OCH3 is 1. The van der Waals surface area contributed by atoms with Gasteiger partial charge < -0.3 is 9.47 Å². The van der Waals surface area contributed by atoms with Gasteiger partial charge in [0.1, 0.15) is 18.2 Å². The second-order valence-electron chi connectivity index (χ2n) is 3.80. The van der Waals surface area contributed by atoms with E-state index in [1.54, 1.807) is 0 Å². The van der Waals surface area contributed by atoms with Gasteiger partial charge in [-0.05, 0) is 31.5 Å². The van der Waals surface area contributed by atoms with E-state index in [0.717, 1.165) is 6.42 Å². The molecule has 0 radical (unpaired) electrons. The van der Waals surface area contributed by atoms with Crippen molar-refractivity contribution in [3.05, 3.63) is 29.6 Å². The van der Waals surface area contributed by atoms with Crippen LogP contribution in [0.2, 0.25) is 0 Å². The molecule has 0 aromatic heterocycles. The fourth-order valence-electron chi connectivity index (χ4n) is 1.31. The molecule has 0 aliphatic rings. The highest BCUT2D eigenvalue weighted by molar-refractivity contribution is 5.99. The van der Waals surface area contributed by atoms with E-state index >= 15 is 0 Å². The van der Waals surface area contributed by atoms with Crippen molar-refractivity contribution in [2.45, 2.75) is 26.4 Å². The maximum atomic E-state index is 13.1. The summed E-state index contributed by atoms with van der Waals surface area (Å²) in [6.07, 6.45) is 0.839. The largest absolute Gasteiger partial charge is 0.496 e. The van der Waals surface area contributed by atoms with Crippen molar-refractivity contribution in [3.8, 4) is 5.75 Å². The SMILES string of the molecule is CCC(C)OCC(=O)c1cc(F)ccc1OC. The molecule has 1 aromatic rings. The number of ketones is 1. The predicted octanol–water partition coefficient (Wildman–Crippen LogP) is 2.83. The summed E-state index contributed by atoms with van der Waals surface area (Å²) in [4.78, 5) is 11.8. The van der Waals surface area contributed by atoms with E-state index in [2.05, 4.69) is 0 Å². The van der Waals surface area contributed by atoms with Crippen LogP contribution in [0.4, 0.5) is 4.39 Å². The zero-order chi connectivity index (χ0) is 12.8. The number of benzene rings is 1. The molecule has 1 aromatic carbocycles. The van der Waals surface area contributed by atoms with Gasteiger partial charge >= 0.3 is 0 Å². The molecular weight excluding hydrogens is 223 g/mol. The highest BCUT2D eigenvalue weighted by Gasteiger charge is 2.14. The normalized spacial score (nSPS) is 12.2. The fraction of sp³-hybridized carbons (Fsp3) is 0.462. The monoisotopic (exact) mass is 240 g/mol. The van der Waals surface area contributed by atoms with E-state index in [-0.39, 0.29) is 24.1 Å². The third-order valence-electron chi connectivity index (χ3n) is 2.54. The van der Waals surface area contributed by atoms with Gasteiger partial charge in [0.15, 0.2) is 5.78 Å². The maximum absolute atomic E-state index is 13.1. The molecule has 0 aliphatic carbocycles. The first-order chi connectivity index (χ1) is 8.08. The third-order valence-corrected chi connectivity index (χ3v) is 2.54. The topological polar surface area (TPSA) is 35.5 Å². The molecule has 3 nitrogen and oxygen atoms in total. The molecule has 1 atom stereocenters. The van der Waals surface area contributed by atoms with Gasteiger partial charge in [-0.15, -0.1) is 0 Å². The molecule has 0 bridgehead atoms. The Balaban J connectivity index is 2.77. The van der Waals surface area contributed by atoms with Gasteiger partial charge in [0.05, 0.1) is 18.8 Å². The maximum Gasteiger partial charge on any atom is 0.192 e. The van der Waals surface area contributed by atoms with E-state index < -0.39 is 5.82 Å². The van der Waals surface area contributed by atoms with Gasteiger partial charge in [0.2, 0.25) is 0 Å². The molecule has 94 valence electrons. The number of ether oxygens (including phenoxy) is 2. The summed E-state index contributed by atoms with van der Waals surface area (Å²) in [5, 5.41) is 0. The summed E-state index contributed by atoms with van der Waals surface area (Å²) < 4.78 is 23.4. The summed E-state index contributed by atoms with van der Waals surface area (Å²) in [5.74, 6) is -0.372. The Bertz CT molecular complexity index is 390. The minimum absolute atomic E-state index is 0.0125. The molecule has 0 spiro atoms. The van der Waals surface area contributed by atoms with Gasteiger partial charge in [0.25, 0.3) is 0 Å². The summed E-state index contributed by atoms with van der Waals surface area (Å²) >= 11 is 0. The fourth-order valence-corrected chi connectivity index (χ4v) is 1.31. The van der Waals surface area contributed by atoms with Crippen molar-refractivity contribution in [3.63, 3.8) is 0 Å². The summed E-state index contributed by atoms with van der Waals surface area (Å²) in [7, 11) is 1.44. The summed E-state index contributed by atoms with van der Waals surface area (Å²) in [6, 6.07) is 3.86. The van der Waals surface area contributed by atoms with Gasteiger partial charge in [-0.2, -0.15) is 0 Å². The average molecular weight is 240 g/mol. The number of hydrogen-bond donors (Lipinski definition) is 0. The number of hydrogen-bond acceptors (Lipinski definition) is 3. The van der Waals surface area contributed by atoms with Crippen LogP contribution >= 0.6 is 0 Å². The van der Waals surface area contributed by atoms with Crippen LogP contribution in [-0.2, 0) is 4.74 Å². The Hall–Kier alpha value is -1.42. The van der Waals surface area contributed by atoms with Crippen molar-refractivity contribution in [2.24, 2.45) is 0 Å². The highest BCUT2D eigenvalue weighted by atomic mass is 19.1. The smallest absolute Gasteiger partial charge is 0.192 e. The van der Waals surface area contributed by atoms with Crippen LogP contribution in [0.5, 0.6) is 5.75 Å². The van der Waals surface area contributed by atoms with Gasteiger partial charge in [0, 0.05) is 0 Å². The highest BCUT2D eigenvalue weighted by Crippen LogP contribution is 2.20. The first kappa shape index (κ1) is 13.6. The van der Waals surface area contributed by atoms with E-state index in [1.165, 1.54) is 25.3 Å². The second-order valence-corrected chi connectivity index (χ2v) is 3.80. The number of halogens is 1. The Kier molecular flexibility index (Phi) is 5.10. The van der Waals surface area contributed by atoms with Gasteiger partial charge in [-0.25, -0.2) is 4.39 Å². The first-order valence-corrected chi connectivity index (χ1v) is 5.56. The molecule has 0 saturated carbocycles. The Morgan fingerprint density at radius 2 is 2.18 bits per heavy atom. The zero-order valence-corrected chi connectivity index (χ0v) is 10.3. The van der Waals surface area contributed by atoms with Crippen molar-refractivity contribution < 1.29 is 18.7 Å². The van der Waals surface area contributed by atoms with Gasteiger partial charge in [-0.3, -0.25) is 4.79 Å². The van der Waals surface area contributed by atoms with Crippen molar-refractivity contribution in [1.29, 1.82) is 0 Å².